The van der Waals surface area contributed by atoms with Gasteiger partial charge in [0, 0.05) is 31.8 Å². The Hall–Kier alpha value is -0.990. The van der Waals surface area contributed by atoms with Crippen LogP contribution in [0.5, 0.6) is 0 Å². The fraction of sp³-hybridized carbons (Fsp3) is 0.833. The molecule has 0 saturated carbocycles. The average Bonchev–Trinajstić information content (AvgIpc) is 3.09. The zero-order chi connectivity index (χ0) is 18.3. The fourth-order valence-corrected chi connectivity index (χ4v) is 5.74. The van der Waals surface area contributed by atoms with Gasteiger partial charge in [-0.2, -0.15) is 0 Å². The van der Waals surface area contributed by atoms with E-state index in [0.717, 1.165) is 32.6 Å². The van der Waals surface area contributed by atoms with E-state index in [0.29, 0.717) is 11.7 Å². The van der Waals surface area contributed by atoms with Crippen LogP contribution in [0, 0.1) is 5.92 Å². The molecule has 7 nitrogen and oxygen atoms in total. The van der Waals surface area contributed by atoms with Gasteiger partial charge in [-0.05, 0) is 32.6 Å². The van der Waals surface area contributed by atoms with Gasteiger partial charge in [-0.15, -0.1) is 24.2 Å². The average molecular weight is 416 g/mol. The van der Waals surface area contributed by atoms with E-state index in [2.05, 4.69) is 34.0 Å². The van der Waals surface area contributed by atoms with Crippen molar-refractivity contribution in [3.8, 4) is 0 Å². The summed E-state index contributed by atoms with van der Waals surface area (Å²) in [5.74, 6) is 1.88. The molecular formula is C18H30ClN5O2S. The summed E-state index contributed by atoms with van der Waals surface area (Å²) >= 11 is 1.73. The molecule has 0 spiro atoms. The number of hydrogen-bond donors (Lipinski definition) is 2. The van der Waals surface area contributed by atoms with Crippen molar-refractivity contribution in [2.75, 3.05) is 31.9 Å². The van der Waals surface area contributed by atoms with Crippen molar-refractivity contribution in [1.29, 1.82) is 0 Å². The summed E-state index contributed by atoms with van der Waals surface area (Å²) < 4.78 is 0. The number of nitrogens with zero attached hydrogens (tertiary/aromatic N) is 4. The largest absolute Gasteiger partial charge is 0.480 e. The van der Waals surface area contributed by atoms with E-state index in [-0.39, 0.29) is 35.4 Å². The summed E-state index contributed by atoms with van der Waals surface area (Å²) in [6.07, 6.45) is 5.45. The number of halogens is 1. The summed E-state index contributed by atoms with van der Waals surface area (Å²) in [5.41, 5.74) is 0.122. The number of carbonyl (C=O) groups is 1. The zero-order valence-electron chi connectivity index (χ0n) is 16.0. The Morgan fingerprint density at radius 3 is 2.81 bits per heavy atom. The predicted molar refractivity (Wildman–Crippen MR) is 112 cm³/mol. The summed E-state index contributed by atoms with van der Waals surface area (Å²) in [4.78, 5) is 25.0. The minimum atomic E-state index is -0.700. The molecule has 3 fully saturated rings. The van der Waals surface area contributed by atoms with Crippen molar-refractivity contribution in [3.63, 3.8) is 0 Å². The van der Waals surface area contributed by atoms with Crippen molar-refractivity contribution in [2.45, 2.75) is 56.1 Å². The summed E-state index contributed by atoms with van der Waals surface area (Å²) in [7, 11) is 0. The Morgan fingerprint density at radius 2 is 2.19 bits per heavy atom. The monoisotopic (exact) mass is 415 g/mol. The van der Waals surface area contributed by atoms with Crippen LogP contribution in [0.15, 0.2) is 9.98 Å². The van der Waals surface area contributed by atoms with Crippen LogP contribution in [-0.2, 0) is 4.79 Å². The molecule has 0 radical (unpaired) electrons. The molecule has 3 atom stereocenters. The Bertz CT molecular complexity index is 621. The van der Waals surface area contributed by atoms with Crippen molar-refractivity contribution < 1.29 is 9.90 Å². The lowest BCUT2D eigenvalue weighted by atomic mass is 9.93. The van der Waals surface area contributed by atoms with E-state index in [1.54, 1.807) is 11.8 Å². The van der Waals surface area contributed by atoms with Crippen molar-refractivity contribution in [3.05, 3.63) is 0 Å². The highest BCUT2D eigenvalue weighted by Crippen LogP contribution is 2.40. The van der Waals surface area contributed by atoms with Crippen LogP contribution < -0.4 is 5.32 Å². The number of amidine groups is 1. The molecule has 2 N–H and O–H groups in total. The number of aliphatic carboxylic acids is 1. The smallest absolute Gasteiger partial charge is 0.321 e. The predicted octanol–water partition coefficient (Wildman–Crippen LogP) is 1.53. The summed E-state index contributed by atoms with van der Waals surface area (Å²) in [5, 5.41) is 13.0. The third-order valence-electron chi connectivity index (χ3n) is 5.86. The highest BCUT2D eigenvalue weighted by molar-refractivity contribution is 8.00. The topological polar surface area (TPSA) is 80.5 Å². The molecule has 152 valence electrons. The number of fused-ring (bicyclic) bond motifs is 1. The van der Waals surface area contributed by atoms with E-state index < -0.39 is 5.97 Å². The van der Waals surface area contributed by atoms with Crippen LogP contribution >= 0.6 is 24.2 Å². The van der Waals surface area contributed by atoms with Gasteiger partial charge in [0.25, 0.3) is 0 Å². The molecule has 4 aliphatic heterocycles. The van der Waals surface area contributed by atoms with Gasteiger partial charge in [0.15, 0.2) is 0 Å². The Kier molecular flexibility index (Phi) is 6.27. The number of carboxylic acids is 1. The molecule has 0 aromatic heterocycles. The number of piperidine rings is 1. The first-order valence-corrected chi connectivity index (χ1v) is 10.7. The summed E-state index contributed by atoms with van der Waals surface area (Å²) in [6.45, 7) is 8.17. The van der Waals surface area contributed by atoms with E-state index in [9.17, 15) is 9.90 Å². The van der Waals surface area contributed by atoms with Crippen molar-refractivity contribution in [1.82, 2.24) is 15.1 Å². The number of rotatable bonds is 5. The fourth-order valence-electron chi connectivity index (χ4n) is 4.23. The van der Waals surface area contributed by atoms with Gasteiger partial charge in [-0.3, -0.25) is 19.7 Å². The second-order valence-corrected chi connectivity index (χ2v) is 9.71. The minimum Gasteiger partial charge on any atom is -0.480 e. The molecule has 3 saturated heterocycles. The molecule has 4 aliphatic rings. The lowest BCUT2D eigenvalue weighted by Gasteiger charge is -2.42. The molecule has 27 heavy (non-hydrogen) atoms. The first-order valence-electron chi connectivity index (χ1n) is 9.60. The first-order chi connectivity index (χ1) is 12.4. The molecule has 0 aromatic rings. The van der Waals surface area contributed by atoms with Gasteiger partial charge < -0.3 is 15.3 Å². The van der Waals surface area contributed by atoms with Crippen LogP contribution in [0.1, 0.15) is 33.1 Å². The van der Waals surface area contributed by atoms with Crippen LogP contribution in [0.2, 0.25) is 0 Å². The minimum absolute atomic E-state index is 0. The lowest BCUT2D eigenvalue weighted by Crippen LogP contribution is -2.59. The second kappa shape index (κ2) is 8.17. The lowest BCUT2D eigenvalue weighted by molar-refractivity contribution is -0.144. The highest BCUT2D eigenvalue weighted by Gasteiger charge is 2.50. The quantitative estimate of drug-likeness (QED) is 0.523. The van der Waals surface area contributed by atoms with Gasteiger partial charge in [0.1, 0.15) is 6.04 Å². The molecule has 0 bridgehead atoms. The van der Waals surface area contributed by atoms with Gasteiger partial charge in [0.05, 0.1) is 35.7 Å². The maximum atomic E-state index is 11.2. The van der Waals surface area contributed by atoms with Crippen LogP contribution in [0.3, 0.4) is 0 Å². The van der Waals surface area contributed by atoms with E-state index in [4.69, 9.17) is 4.99 Å². The standard InChI is InChI=1S/C18H29N5O2S.ClH/c1-18(2)10-19-15(21-18)7-12-3-5-22(6-4-12)11-20-13-8-23-14(17(24)25)9-26-16(13)23;/h11-14,16H,3-10H2,1-2H3,(H,19,21)(H,24,25);1H/t13?,14-,16?;/m1./s1. The molecule has 0 amide bonds. The van der Waals surface area contributed by atoms with E-state index in [1.807, 2.05) is 6.34 Å². The van der Waals surface area contributed by atoms with Gasteiger partial charge in [-0.25, -0.2) is 0 Å². The van der Waals surface area contributed by atoms with Crippen molar-refractivity contribution in [2.24, 2.45) is 15.9 Å². The first kappa shape index (κ1) is 20.7. The summed E-state index contributed by atoms with van der Waals surface area (Å²) in [6, 6.07) is -0.0642. The van der Waals surface area contributed by atoms with E-state index >= 15 is 0 Å². The molecular weight excluding hydrogens is 386 g/mol. The maximum Gasteiger partial charge on any atom is 0.321 e. The third-order valence-corrected chi connectivity index (χ3v) is 7.30. The molecule has 4 heterocycles. The number of thioether (sulfide) groups is 1. The third kappa shape index (κ3) is 4.54. The Labute approximate surface area is 171 Å². The highest BCUT2D eigenvalue weighted by atomic mass is 35.5. The Morgan fingerprint density at radius 1 is 1.44 bits per heavy atom. The van der Waals surface area contributed by atoms with Crippen LogP contribution in [0.4, 0.5) is 0 Å². The van der Waals surface area contributed by atoms with Crippen LogP contribution in [0.25, 0.3) is 0 Å². The van der Waals surface area contributed by atoms with Crippen molar-refractivity contribution >= 4 is 42.3 Å². The molecule has 9 heteroatoms. The van der Waals surface area contributed by atoms with Gasteiger partial charge >= 0.3 is 5.97 Å². The molecule has 0 aromatic carbocycles. The SMILES string of the molecule is CC1(C)CN=C(CC2CCN(C=NC3CN4C3SC[C@@H]4C(=O)O)CC2)N1.Cl. The number of aliphatic imine (C=N–C) groups is 2. The number of carboxylic acid groups (broad SMARTS) is 1. The molecule has 2 unspecified atom stereocenters. The molecule has 4 rings (SSSR count). The van der Waals surface area contributed by atoms with Crippen LogP contribution in [-0.4, -0.2) is 88.0 Å². The number of hydrogen-bond acceptors (Lipinski definition) is 6. The number of likely N-dealkylation sites (tertiary alicyclic amines) is 1. The van der Waals surface area contributed by atoms with Gasteiger partial charge in [-0.1, -0.05) is 0 Å². The second-order valence-electron chi connectivity index (χ2n) is 8.56. The normalized spacial score (nSPS) is 33.2. The number of nitrogens with one attached hydrogen (secondary N) is 1. The molecule has 0 aliphatic carbocycles. The van der Waals surface area contributed by atoms with Gasteiger partial charge in [0.2, 0.25) is 0 Å². The maximum absolute atomic E-state index is 11.2. The van der Waals surface area contributed by atoms with E-state index in [1.165, 1.54) is 18.7 Å². The Balaban J connectivity index is 0.00000210. The zero-order valence-corrected chi connectivity index (χ0v) is 17.6.